The average Bonchev–Trinajstić information content (AvgIpc) is 3.45. The van der Waals surface area contributed by atoms with Gasteiger partial charge in [0.05, 0.1) is 12.3 Å². The summed E-state index contributed by atoms with van der Waals surface area (Å²) in [6.07, 6.45) is 6.91. The number of carbonyl (C=O) groups is 1. The molecule has 2 heterocycles. The van der Waals surface area contributed by atoms with Crippen LogP contribution in [0.15, 0.2) is 78.2 Å². The maximum atomic E-state index is 12.9. The molecule has 1 aliphatic carbocycles. The van der Waals surface area contributed by atoms with Crippen molar-refractivity contribution in [2.24, 2.45) is 0 Å². The zero-order chi connectivity index (χ0) is 21.0. The van der Waals surface area contributed by atoms with Crippen LogP contribution >= 0.6 is 11.8 Å². The number of thioether (sulfide) groups is 1. The van der Waals surface area contributed by atoms with E-state index in [0.717, 1.165) is 40.5 Å². The van der Waals surface area contributed by atoms with Gasteiger partial charge in [0.2, 0.25) is 0 Å². The molecule has 0 radical (unpaired) electrons. The Labute approximate surface area is 185 Å². The van der Waals surface area contributed by atoms with Crippen LogP contribution in [-0.4, -0.2) is 31.3 Å². The van der Waals surface area contributed by atoms with Crippen molar-refractivity contribution in [3.63, 3.8) is 0 Å². The van der Waals surface area contributed by atoms with E-state index >= 15 is 0 Å². The molecule has 0 amide bonds. The Balaban J connectivity index is 1.39. The quantitative estimate of drug-likeness (QED) is 0.312. The summed E-state index contributed by atoms with van der Waals surface area (Å²) in [6.45, 7) is 0.632. The molecule has 4 aromatic rings. The van der Waals surface area contributed by atoms with Crippen LogP contribution in [0.1, 0.15) is 33.5 Å². The average molecular weight is 427 g/mol. The van der Waals surface area contributed by atoms with E-state index in [1.54, 1.807) is 12.4 Å². The smallest absolute Gasteiger partial charge is 0.192 e. The number of Topliss-reactive ketones (excluding diaryl/α,β-unsaturated/α-hetero) is 1. The Morgan fingerprint density at radius 3 is 2.68 bits per heavy atom. The van der Waals surface area contributed by atoms with Crippen molar-refractivity contribution in [2.45, 2.75) is 31.0 Å². The minimum Gasteiger partial charge on any atom is -0.297 e. The molecule has 2 aromatic heterocycles. The molecule has 0 atom stereocenters. The molecule has 0 unspecified atom stereocenters. The third-order valence-corrected chi connectivity index (χ3v) is 6.54. The van der Waals surface area contributed by atoms with E-state index in [2.05, 4.69) is 44.0 Å². The van der Waals surface area contributed by atoms with Gasteiger partial charge < -0.3 is 0 Å². The van der Waals surface area contributed by atoms with Gasteiger partial charge in [-0.05, 0) is 54.2 Å². The standard InChI is InChI=1S/C25H22N4OS/c30-23(21-12-11-19-8-4-9-20(19)14-21)17-31-25-28-27-24(22-10-5-13-26-15-22)29(25)16-18-6-2-1-3-7-18/h1-3,5-7,10-15H,4,8-9,16-17H2. The van der Waals surface area contributed by atoms with Gasteiger partial charge in [-0.15, -0.1) is 10.2 Å². The van der Waals surface area contributed by atoms with Gasteiger partial charge in [0.1, 0.15) is 0 Å². The fourth-order valence-corrected chi connectivity index (χ4v) is 4.80. The number of benzene rings is 2. The van der Waals surface area contributed by atoms with Crippen LogP contribution in [0.5, 0.6) is 0 Å². The lowest BCUT2D eigenvalue weighted by Gasteiger charge is -2.10. The van der Waals surface area contributed by atoms with Crippen LogP contribution < -0.4 is 0 Å². The minimum atomic E-state index is 0.122. The number of nitrogens with zero attached hydrogens (tertiary/aromatic N) is 4. The maximum Gasteiger partial charge on any atom is 0.192 e. The molecule has 0 spiro atoms. The monoisotopic (exact) mass is 426 g/mol. The van der Waals surface area contributed by atoms with Crippen molar-refractivity contribution in [3.8, 4) is 11.4 Å². The topological polar surface area (TPSA) is 60.7 Å². The van der Waals surface area contributed by atoms with Gasteiger partial charge in [-0.1, -0.05) is 54.2 Å². The van der Waals surface area contributed by atoms with E-state index < -0.39 is 0 Å². The highest BCUT2D eigenvalue weighted by atomic mass is 32.2. The second kappa shape index (κ2) is 8.86. The Morgan fingerprint density at radius 1 is 0.968 bits per heavy atom. The number of rotatable bonds is 7. The number of aromatic nitrogens is 4. The molecule has 0 N–H and O–H groups in total. The predicted molar refractivity (Wildman–Crippen MR) is 122 cm³/mol. The first-order valence-electron chi connectivity index (χ1n) is 10.4. The van der Waals surface area contributed by atoms with Crippen LogP contribution in [0.25, 0.3) is 11.4 Å². The van der Waals surface area contributed by atoms with Gasteiger partial charge in [-0.2, -0.15) is 0 Å². The molecule has 31 heavy (non-hydrogen) atoms. The molecule has 0 saturated heterocycles. The van der Waals surface area contributed by atoms with E-state index in [-0.39, 0.29) is 5.78 Å². The van der Waals surface area contributed by atoms with Gasteiger partial charge in [0, 0.05) is 23.5 Å². The Kier molecular flexibility index (Phi) is 5.63. The molecule has 6 heteroatoms. The van der Waals surface area contributed by atoms with Crippen LogP contribution in [0.2, 0.25) is 0 Å². The number of ketones is 1. The lowest BCUT2D eigenvalue weighted by atomic mass is 10.0. The first-order valence-corrected chi connectivity index (χ1v) is 11.4. The van der Waals surface area contributed by atoms with Gasteiger partial charge in [-0.25, -0.2) is 0 Å². The summed E-state index contributed by atoms with van der Waals surface area (Å²) in [5.74, 6) is 1.21. The second-order valence-corrected chi connectivity index (χ2v) is 8.61. The van der Waals surface area contributed by atoms with Crippen LogP contribution in [-0.2, 0) is 19.4 Å². The molecule has 0 bridgehead atoms. The summed E-state index contributed by atoms with van der Waals surface area (Å²) in [6, 6.07) is 20.2. The van der Waals surface area contributed by atoms with Gasteiger partial charge in [0.25, 0.3) is 0 Å². The van der Waals surface area contributed by atoms with Gasteiger partial charge in [-0.3, -0.25) is 14.3 Å². The number of carbonyl (C=O) groups excluding carboxylic acids is 1. The van der Waals surface area contributed by atoms with Crippen molar-refractivity contribution < 1.29 is 4.79 Å². The fourth-order valence-electron chi connectivity index (χ4n) is 3.97. The molecule has 1 aliphatic rings. The summed E-state index contributed by atoms with van der Waals surface area (Å²) in [5.41, 5.74) is 5.55. The highest BCUT2D eigenvalue weighted by Crippen LogP contribution is 2.27. The summed E-state index contributed by atoms with van der Waals surface area (Å²) < 4.78 is 2.06. The van der Waals surface area contributed by atoms with E-state index in [1.165, 1.54) is 29.3 Å². The molecular formula is C25H22N4OS. The van der Waals surface area contributed by atoms with Crippen molar-refractivity contribution >= 4 is 17.5 Å². The Hall–Kier alpha value is -3.25. The molecule has 0 fully saturated rings. The molecular weight excluding hydrogens is 404 g/mol. The maximum absolute atomic E-state index is 12.9. The van der Waals surface area contributed by atoms with Crippen molar-refractivity contribution in [3.05, 3.63) is 95.3 Å². The van der Waals surface area contributed by atoms with Crippen molar-refractivity contribution in [1.82, 2.24) is 19.7 Å². The number of aryl methyl sites for hydroxylation is 2. The van der Waals surface area contributed by atoms with Crippen LogP contribution in [0.4, 0.5) is 0 Å². The predicted octanol–water partition coefficient (Wildman–Crippen LogP) is 4.85. The molecule has 5 rings (SSSR count). The molecule has 0 aliphatic heterocycles. The van der Waals surface area contributed by atoms with Crippen LogP contribution in [0.3, 0.4) is 0 Å². The first kappa shape index (κ1) is 19.7. The SMILES string of the molecule is O=C(CSc1nnc(-c2cccnc2)n1Cc1ccccc1)c1ccc2c(c1)CCC2. The van der Waals surface area contributed by atoms with Crippen LogP contribution in [0, 0.1) is 0 Å². The normalized spacial score (nSPS) is 12.6. The van der Waals surface area contributed by atoms with Gasteiger partial charge in [0.15, 0.2) is 16.8 Å². The number of pyridine rings is 1. The number of hydrogen-bond donors (Lipinski definition) is 0. The molecule has 5 nitrogen and oxygen atoms in total. The summed E-state index contributed by atoms with van der Waals surface area (Å²) in [7, 11) is 0. The summed E-state index contributed by atoms with van der Waals surface area (Å²) in [4.78, 5) is 17.1. The fraction of sp³-hybridized carbons (Fsp3) is 0.200. The highest BCUT2D eigenvalue weighted by Gasteiger charge is 2.18. The first-order chi connectivity index (χ1) is 15.3. The van der Waals surface area contributed by atoms with E-state index in [0.29, 0.717) is 12.3 Å². The zero-order valence-electron chi connectivity index (χ0n) is 17.1. The molecule has 2 aromatic carbocycles. The van der Waals surface area contributed by atoms with E-state index in [9.17, 15) is 4.79 Å². The van der Waals surface area contributed by atoms with E-state index in [4.69, 9.17) is 0 Å². The van der Waals surface area contributed by atoms with Gasteiger partial charge >= 0.3 is 0 Å². The molecule has 154 valence electrons. The third kappa shape index (κ3) is 4.30. The highest BCUT2D eigenvalue weighted by molar-refractivity contribution is 7.99. The van der Waals surface area contributed by atoms with Crippen molar-refractivity contribution in [2.75, 3.05) is 5.75 Å². The third-order valence-electron chi connectivity index (χ3n) is 5.57. The largest absolute Gasteiger partial charge is 0.297 e. The molecule has 0 saturated carbocycles. The second-order valence-electron chi connectivity index (χ2n) is 7.67. The number of fused-ring (bicyclic) bond motifs is 1. The Bertz CT molecular complexity index is 1200. The number of hydrogen-bond acceptors (Lipinski definition) is 5. The minimum absolute atomic E-state index is 0.122. The zero-order valence-corrected chi connectivity index (χ0v) is 17.9. The summed E-state index contributed by atoms with van der Waals surface area (Å²) in [5, 5.41) is 9.56. The lowest BCUT2D eigenvalue weighted by Crippen LogP contribution is -2.07. The van der Waals surface area contributed by atoms with E-state index in [1.807, 2.05) is 36.4 Å². The van der Waals surface area contributed by atoms with Crippen molar-refractivity contribution in [1.29, 1.82) is 0 Å². The Morgan fingerprint density at radius 2 is 1.84 bits per heavy atom. The lowest BCUT2D eigenvalue weighted by molar-refractivity contribution is 0.102. The summed E-state index contributed by atoms with van der Waals surface area (Å²) >= 11 is 1.44.